The Kier molecular flexibility index (Phi) is 4.34. The summed E-state index contributed by atoms with van der Waals surface area (Å²) in [4.78, 5) is 14.8. The van der Waals surface area contributed by atoms with Crippen LogP contribution in [0, 0.1) is 0 Å². The number of carbonyl (C=O) groups excluding carboxylic acids is 1. The summed E-state index contributed by atoms with van der Waals surface area (Å²) < 4.78 is 1.67. The lowest BCUT2D eigenvalue weighted by Gasteiger charge is -2.34. The summed E-state index contributed by atoms with van der Waals surface area (Å²) in [6, 6.07) is 13.9. The Balaban J connectivity index is 1.53. The number of hydrogen-bond acceptors (Lipinski definition) is 4. The number of aryl methyl sites for hydroxylation is 1. The fourth-order valence-electron chi connectivity index (χ4n) is 3.58. The van der Waals surface area contributed by atoms with Gasteiger partial charge in [-0.1, -0.05) is 30.3 Å². The maximum Gasteiger partial charge on any atom is 0.254 e. The van der Waals surface area contributed by atoms with Gasteiger partial charge in [0.25, 0.3) is 5.91 Å². The van der Waals surface area contributed by atoms with Gasteiger partial charge in [0.2, 0.25) is 0 Å². The lowest BCUT2D eigenvalue weighted by molar-refractivity contribution is 0.0702. The predicted octanol–water partition coefficient (Wildman–Crippen LogP) is 1.94. The van der Waals surface area contributed by atoms with Crippen molar-refractivity contribution in [3.63, 3.8) is 0 Å². The lowest BCUT2D eigenvalue weighted by atomic mass is 10.0. The second-order valence-electron chi connectivity index (χ2n) is 6.79. The number of hydrogen-bond donors (Lipinski definition) is 2. The van der Waals surface area contributed by atoms with Gasteiger partial charge in [-0.25, -0.2) is 0 Å². The Morgan fingerprint density at radius 2 is 2.12 bits per heavy atom. The van der Waals surface area contributed by atoms with E-state index in [4.69, 9.17) is 0 Å². The average molecular weight is 350 g/mol. The van der Waals surface area contributed by atoms with Crippen LogP contribution in [0.4, 0.5) is 0 Å². The van der Waals surface area contributed by atoms with E-state index in [-0.39, 0.29) is 17.7 Å². The highest BCUT2D eigenvalue weighted by atomic mass is 16.3. The van der Waals surface area contributed by atoms with Crippen molar-refractivity contribution in [2.24, 2.45) is 7.05 Å². The Morgan fingerprint density at radius 1 is 1.31 bits per heavy atom. The average Bonchev–Trinajstić information content (AvgIpc) is 3.04. The third-order valence-electron chi connectivity index (χ3n) is 4.96. The van der Waals surface area contributed by atoms with E-state index in [0.29, 0.717) is 24.0 Å². The molecule has 4 rings (SSSR count). The maximum absolute atomic E-state index is 13.0. The molecule has 1 fully saturated rings. The highest BCUT2D eigenvalue weighted by molar-refractivity contribution is 5.99. The highest BCUT2D eigenvalue weighted by Gasteiger charge is 2.25. The lowest BCUT2D eigenvalue weighted by Crippen LogP contribution is -2.53. The molecule has 1 aliphatic rings. The van der Waals surface area contributed by atoms with Crippen molar-refractivity contribution >= 4 is 16.8 Å². The first-order valence-corrected chi connectivity index (χ1v) is 8.83. The molecule has 1 atom stereocenters. The minimum Gasteiger partial charge on any atom is -0.507 e. The summed E-state index contributed by atoms with van der Waals surface area (Å²) in [5.41, 5.74) is 2.51. The van der Waals surface area contributed by atoms with Crippen molar-refractivity contribution in [2.45, 2.75) is 12.5 Å². The van der Waals surface area contributed by atoms with Crippen LogP contribution >= 0.6 is 0 Å². The first-order valence-electron chi connectivity index (χ1n) is 8.83. The first-order chi connectivity index (χ1) is 12.6. The quantitative estimate of drug-likeness (QED) is 0.757. The van der Waals surface area contributed by atoms with Crippen LogP contribution in [-0.4, -0.2) is 51.4 Å². The van der Waals surface area contributed by atoms with Crippen LogP contribution < -0.4 is 5.32 Å². The van der Waals surface area contributed by atoms with Gasteiger partial charge in [-0.2, -0.15) is 5.10 Å². The van der Waals surface area contributed by atoms with E-state index in [1.807, 2.05) is 23.1 Å². The Morgan fingerprint density at radius 3 is 2.92 bits per heavy atom. The van der Waals surface area contributed by atoms with E-state index >= 15 is 0 Å². The third-order valence-corrected chi connectivity index (χ3v) is 4.96. The van der Waals surface area contributed by atoms with Crippen LogP contribution in [0.25, 0.3) is 10.9 Å². The summed E-state index contributed by atoms with van der Waals surface area (Å²) in [6.07, 6.45) is 2.50. The molecule has 2 heterocycles. The molecule has 26 heavy (non-hydrogen) atoms. The zero-order chi connectivity index (χ0) is 18.1. The second kappa shape index (κ2) is 6.80. The molecule has 1 unspecified atom stereocenters. The molecule has 1 amide bonds. The molecular formula is C20H22N4O2. The monoisotopic (exact) mass is 350 g/mol. The fraction of sp³-hybridized carbons (Fsp3) is 0.300. The summed E-state index contributed by atoms with van der Waals surface area (Å²) in [5.74, 6) is 0.0397. The van der Waals surface area contributed by atoms with Crippen LogP contribution in [0.15, 0.2) is 48.7 Å². The van der Waals surface area contributed by atoms with E-state index < -0.39 is 0 Å². The molecule has 0 spiro atoms. The number of nitrogens with one attached hydrogen (secondary N) is 1. The second-order valence-corrected chi connectivity index (χ2v) is 6.79. The smallest absolute Gasteiger partial charge is 0.254 e. The Labute approximate surface area is 152 Å². The Bertz CT molecular complexity index is 936. The summed E-state index contributed by atoms with van der Waals surface area (Å²) in [6.45, 7) is 2.08. The molecule has 0 saturated carbocycles. The number of phenols is 1. The maximum atomic E-state index is 13.0. The number of carbonyl (C=O) groups is 1. The predicted molar refractivity (Wildman–Crippen MR) is 100 cm³/mol. The van der Waals surface area contributed by atoms with Crippen molar-refractivity contribution in [3.8, 4) is 5.75 Å². The molecule has 3 aromatic rings. The molecule has 1 saturated heterocycles. The number of benzene rings is 2. The van der Waals surface area contributed by atoms with E-state index in [9.17, 15) is 9.90 Å². The number of rotatable bonds is 3. The number of nitrogens with zero attached hydrogens (tertiary/aromatic N) is 3. The zero-order valence-electron chi connectivity index (χ0n) is 14.7. The Hall–Kier alpha value is -2.86. The fourth-order valence-corrected chi connectivity index (χ4v) is 3.58. The van der Waals surface area contributed by atoms with E-state index in [1.165, 1.54) is 5.56 Å². The van der Waals surface area contributed by atoms with Gasteiger partial charge in [0, 0.05) is 38.3 Å². The van der Waals surface area contributed by atoms with Gasteiger partial charge in [-0.05, 0) is 24.1 Å². The highest BCUT2D eigenvalue weighted by Crippen LogP contribution is 2.26. The number of phenolic OH excluding ortho intramolecular Hbond substituents is 1. The van der Waals surface area contributed by atoms with Crippen LogP contribution in [0.2, 0.25) is 0 Å². The molecule has 6 nitrogen and oxygen atoms in total. The topological polar surface area (TPSA) is 70.4 Å². The van der Waals surface area contributed by atoms with Crippen molar-refractivity contribution < 1.29 is 9.90 Å². The standard InChI is InChI=1S/C20H22N4O2/c1-23-18-10-15(11-19(25)17(18)12-22-23)20(26)24-8-7-21-16(13-24)9-14-5-3-2-4-6-14/h2-6,10-12,16,21,25H,7-9,13H2,1H3. The van der Waals surface area contributed by atoms with E-state index in [1.54, 1.807) is 30.1 Å². The number of amides is 1. The van der Waals surface area contributed by atoms with Gasteiger partial charge in [-0.3, -0.25) is 9.48 Å². The van der Waals surface area contributed by atoms with Gasteiger partial charge in [0.15, 0.2) is 0 Å². The summed E-state index contributed by atoms with van der Waals surface area (Å²) >= 11 is 0. The van der Waals surface area contributed by atoms with Gasteiger partial charge in [-0.15, -0.1) is 0 Å². The third kappa shape index (κ3) is 3.15. The molecule has 134 valence electrons. The number of piperazine rings is 1. The van der Waals surface area contributed by atoms with Crippen LogP contribution in [0.3, 0.4) is 0 Å². The largest absolute Gasteiger partial charge is 0.507 e. The molecule has 0 aliphatic carbocycles. The minimum atomic E-state index is -0.0528. The molecule has 0 radical (unpaired) electrons. The van der Waals surface area contributed by atoms with Gasteiger partial charge < -0.3 is 15.3 Å². The van der Waals surface area contributed by atoms with Gasteiger partial charge in [0.1, 0.15) is 5.75 Å². The first kappa shape index (κ1) is 16.6. The van der Waals surface area contributed by atoms with E-state index in [2.05, 4.69) is 22.5 Å². The molecule has 1 aliphatic heterocycles. The molecule has 1 aromatic heterocycles. The summed E-state index contributed by atoms with van der Waals surface area (Å²) in [7, 11) is 1.80. The number of fused-ring (bicyclic) bond motifs is 1. The van der Waals surface area contributed by atoms with Crippen molar-refractivity contribution in [1.82, 2.24) is 20.0 Å². The van der Waals surface area contributed by atoms with E-state index in [0.717, 1.165) is 18.5 Å². The van der Waals surface area contributed by atoms with Crippen LogP contribution in [0.1, 0.15) is 15.9 Å². The normalized spacial score (nSPS) is 17.6. The van der Waals surface area contributed by atoms with Crippen molar-refractivity contribution in [3.05, 3.63) is 59.8 Å². The molecule has 6 heteroatoms. The minimum absolute atomic E-state index is 0.0528. The number of aromatic nitrogens is 2. The molecule has 0 bridgehead atoms. The zero-order valence-corrected chi connectivity index (χ0v) is 14.7. The van der Waals surface area contributed by atoms with Crippen LogP contribution in [0.5, 0.6) is 5.75 Å². The van der Waals surface area contributed by atoms with Crippen molar-refractivity contribution in [1.29, 1.82) is 0 Å². The van der Waals surface area contributed by atoms with Crippen molar-refractivity contribution in [2.75, 3.05) is 19.6 Å². The van der Waals surface area contributed by atoms with Gasteiger partial charge in [0.05, 0.1) is 17.1 Å². The van der Waals surface area contributed by atoms with Gasteiger partial charge >= 0.3 is 0 Å². The molecular weight excluding hydrogens is 328 g/mol. The molecule has 2 aromatic carbocycles. The SMILES string of the molecule is Cn1ncc2c(O)cc(C(=O)N3CCNC(Cc4ccccc4)C3)cc21. The summed E-state index contributed by atoms with van der Waals surface area (Å²) in [5, 5.41) is 18.5. The number of aromatic hydroxyl groups is 1. The van der Waals surface area contributed by atoms with Crippen LogP contribution in [-0.2, 0) is 13.5 Å². The molecule has 2 N–H and O–H groups in total.